The molecule has 0 aliphatic heterocycles. The van der Waals surface area contributed by atoms with Crippen LogP contribution in [-0.2, 0) is 6.42 Å². The summed E-state index contributed by atoms with van der Waals surface area (Å²) in [7, 11) is 0. The minimum absolute atomic E-state index is 0. The van der Waals surface area contributed by atoms with Gasteiger partial charge in [0.15, 0.2) is 5.58 Å². The summed E-state index contributed by atoms with van der Waals surface area (Å²) in [5, 5.41) is 5.27. The maximum atomic E-state index is 6.51. The largest absolute Gasteiger partial charge is 0.356 e. The second-order valence-electron chi connectivity index (χ2n) is 5.89. The maximum absolute atomic E-state index is 6.51. The SMILES string of the molecule is Cl.N[C@@H](Cc1ccccn1)c1ccc(Br)cc1-c1noc2ccccc12. The molecule has 0 unspecified atom stereocenters. The summed E-state index contributed by atoms with van der Waals surface area (Å²) in [4.78, 5) is 4.38. The third-order valence-corrected chi connectivity index (χ3v) is 4.70. The molecule has 0 bridgehead atoms. The number of rotatable bonds is 4. The molecule has 0 aliphatic rings. The van der Waals surface area contributed by atoms with Crippen molar-refractivity contribution in [3.8, 4) is 11.3 Å². The van der Waals surface area contributed by atoms with Crippen molar-refractivity contribution in [3.63, 3.8) is 0 Å². The first-order chi connectivity index (χ1) is 12.2. The summed E-state index contributed by atoms with van der Waals surface area (Å²) in [5.74, 6) is 0. The fourth-order valence-electron chi connectivity index (χ4n) is 2.99. The number of aromatic nitrogens is 2. The van der Waals surface area contributed by atoms with Crippen LogP contribution in [0.3, 0.4) is 0 Å². The van der Waals surface area contributed by atoms with Gasteiger partial charge in [0.1, 0.15) is 5.69 Å². The Hall–Kier alpha value is -2.21. The Bertz CT molecular complexity index is 1020. The van der Waals surface area contributed by atoms with Crippen LogP contribution < -0.4 is 5.73 Å². The number of halogens is 2. The maximum Gasteiger partial charge on any atom is 0.167 e. The van der Waals surface area contributed by atoms with Crippen molar-refractivity contribution in [1.29, 1.82) is 0 Å². The van der Waals surface area contributed by atoms with Crippen LogP contribution in [-0.4, -0.2) is 10.1 Å². The molecule has 4 aromatic rings. The Morgan fingerprint density at radius 1 is 1.04 bits per heavy atom. The zero-order valence-electron chi connectivity index (χ0n) is 13.8. The molecular weight excluding hydrogens is 414 g/mol. The van der Waals surface area contributed by atoms with E-state index < -0.39 is 0 Å². The molecule has 26 heavy (non-hydrogen) atoms. The fraction of sp³-hybridized carbons (Fsp3) is 0.100. The van der Waals surface area contributed by atoms with Crippen molar-refractivity contribution in [3.05, 3.63) is 82.6 Å². The first-order valence-electron chi connectivity index (χ1n) is 8.02. The summed E-state index contributed by atoms with van der Waals surface area (Å²) < 4.78 is 6.45. The molecule has 0 amide bonds. The molecular formula is C20H17BrClN3O. The molecule has 2 heterocycles. The first kappa shape index (κ1) is 18.6. The van der Waals surface area contributed by atoms with Gasteiger partial charge in [-0.2, -0.15) is 0 Å². The summed E-state index contributed by atoms with van der Waals surface area (Å²) in [6.07, 6.45) is 2.45. The van der Waals surface area contributed by atoms with Gasteiger partial charge in [-0.1, -0.05) is 45.4 Å². The molecule has 0 saturated heterocycles. The van der Waals surface area contributed by atoms with Crippen LogP contribution in [0.2, 0.25) is 0 Å². The van der Waals surface area contributed by atoms with Gasteiger partial charge in [0, 0.05) is 39.8 Å². The van der Waals surface area contributed by atoms with E-state index in [-0.39, 0.29) is 18.4 Å². The lowest BCUT2D eigenvalue weighted by Gasteiger charge is -2.16. The third-order valence-electron chi connectivity index (χ3n) is 4.20. The molecule has 4 rings (SSSR count). The smallest absolute Gasteiger partial charge is 0.167 e. The highest BCUT2D eigenvalue weighted by Crippen LogP contribution is 2.35. The average Bonchev–Trinajstić information content (AvgIpc) is 3.06. The average molecular weight is 431 g/mol. The van der Waals surface area contributed by atoms with Crippen molar-refractivity contribution in [2.75, 3.05) is 0 Å². The minimum Gasteiger partial charge on any atom is -0.356 e. The number of pyridine rings is 1. The van der Waals surface area contributed by atoms with Gasteiger partial charge in [0.25, 0.3) is 0 Å². The first-order valence-corrected chi connectivity index (χ1v) is 8.81. The van der Waals surface area contributed by atoms with Gasteiger partial charge in [0.05, 0.1) is 0 Å². The standard InChI is InChI=1S/C20H16BrN3O.ClH/c21-13-8-9-15(18(22)12-14-5-3-4-10-23-14)17(11-13)20-16-6-1-2-7-19(16)25-24-20;/h1-11,18H,12,22H2;1H/t18-;/m0./s1. The molecule has 132 valence electrons. The molecule has 2 N–H and O–H groups in total. The van der Waals surface area contributed by atoms with Gasteiger partial charge in [-0.25, -0.2) is 0 Å². The lowest BCUT2D eigenvalue weighted by atomic mass is 9.94. The highest BCUT2D eigenvalue weighted by atomic mass is 79.9. The van der Waals surface area contributed by atoms with E-state index >= 15 is 0 Å². The number of benzene rings is 2. The van der Waals surface area contributed by atoms with Gasteiger partial charge in [-0.3, -0.25) is 4.98 Å². The van der Waals surface area contributed by atoms with Crippen LogP contribution in [0.5, 0.6) is 0 Å². The highest BCUT2D eigenvalue weighted by molar-refractivity contribution is 9.10. The molecule has 4 nitrogen and oxygen atoms in total. The highest BCUT2D eigenvalue weighted by Gasteiger charge is 2.18. The molecule has 6 heteroatoms. The molecule has 0 radical (unpaired) electrons. The van der Waals surface area contributed by atoms with E-state index in [2.05, 4.69) is 26.1 Å². The summed E-state index contributed by atoms with van der Waals surface area (Å²) >= 11 is 3.55. The molecule has 1 atom stereocenters. The number of hydrogen-bond acceptors (Lipinski definition) is 4. The Labute approximate surface area is 166 Å². The van der Waals surface area contributed by atoms with Crippen molar-refractivity contribution in [1.82, 2.24) is 10.1 Å². The lowest BCUT2D eigenvalue weighted by Crippen LogP contribution is -2.15. The zero-order valence-corrected chi connectivity index (χ0v) is 16.2. The van der Waals surface area contributed by atoms with Crippen molar-refractivity contribution in [2.24, 2.45) is 5.73 Å². The Morgan fingerprint density at radius 3 is 2.65 bits per heavy atom. The Kier molecular flexibility index (Phi) is 5.71. The van der Waals surface area contributed by atoms with E-state index in [0.29, 0.717) is 6.42 Å². The summed E-state index contributed by atoms with van der Waals surface area (Å²) in [6.45, 7) is 0. The number of fused-ring (bicyclic) bond motifs is 1. The predicted octanol–water partition coefficient (Wildman–Crippen LogP) is 5.32. The third kappa shape index (κ3) is 3.65. The molecule has 0 saturated carbocycles. The Morgan fingerprint density at radius 2 is 1.85 bits per heavy atom. The van der Waals surface area contributed by atoms with E-state index in [4.69, 9.17) is 10.3 Å². The van der Waals surface area contributed by atoms with Crippen LogP contribution >= 0.6 is 28.3 Å². The Balaban J connectivity index is 0.00000196. The van der Waals surface area contributed by atoms with Gasteiger partial charge < -0.3 is 10.3 Å². The van der Waals surface area contributed by atoms with E-state index in [1.807, 2.05) is 60.7 Å². The quantitative estimate of drug-likeness (QED) is 0.476. The van der Waals surface area contributed by atoms with Crippen LogP contribution in [0, 0.1) is 0 Å². The van der Waals surface area contributed by atoms with Gasteiger partial charge in [0.2, 0.25) is 0 Å². The molecule has 0 fully saturated rings. The van der Waals surface area contributed by atoms with Crippen LogP contribution in [0.1, 0.15) is 17.3 Å². The number of nitrogens with zero attached hydrogens (tertiary/aromatic N) is 2. The van der Waals surface area contributed by atoms with Crippen molar-refractivity contribution >= 4 is 39.3 Å². The van der Waals surface area contributed by atoms with Gasteiger partial charge in [-0.05, 0) is 42.0 Å². The van der Waals surface area contributed by atoms with Gasteiger partial charge >= 0.3 is 0 Å². The zero-order chi connectivity index (χ0) is 17.2. The van der Waals surface area contributed by atoms with Crippen molar-refractivity contribution < 1.29 is 4.52 Å². The molecule has 0 spiro atoms. The topological polar surface area (TPSA) is 64.9 Å². The lowest BCUT2D eigenvalue weighted by molar-refractivity contribution is 0.459. The number of hydrogen-bond donors (Lipinski definition) is 1. The number of para-hydroxylation sites is 1. The number of nitrogens with two attached hydrogens (primary N) is 1. The second kappa shape index (κ2) is 7.99. The second-order valence-corrected chi connectivity index (χ2v) is 6.81. The van der Waals surface area contributed by atoms with Gasteiger partial charge in [-0.15, -0.1) is 12.4 Å². The van der Waals surface area contributed by atoms with Crippen LogP contribution in [0.15, 0.2) is 75.9 Å². The van der Waals surface area contributed by atoms with Crippen LogP contribution in [0.25, 0.3) is 22.2 Å². The van der Waals surface area contributed by atoms with Crippen LogP contribution in [0.4, 0.5) is 0 Å². The van der Waals surface area contributed by atoms with E-state index in [1.165, 1.54) is 0 Å². The minimum atomic E-state index is -0.187. The summed E-state index contributed by atoms with van der Waals surface area (Å²) in [5.41, 5.74) is 11.1. The fourth-order valence-corrected chi connectivity index (χ4v) is 3.35. The molecule has 2 aromatic heterocycles. The van der Waals surface area contributed by atoms with E-state index in [9.17, 15) is 0 Å². The van der Waals surface area contributed by atoms with E-state index in [1.54, 1.807) is 6.20 Å². The predicted molar refractivity (Wildman–Crippen MR) is 109 cm³/mol. The normalized spacial score (nSPS) is 11.9. The van der Waals surface area contributed by atoms with Crippen molar-refractivity contribution in [2.45, 2.75) is 12.5 Å². The monoisotopic (exact) mass is 429 g/mol. The molecule has 0 aliphatic carbocycles. The molecule has 2 aromatic carbocycles. The van der Waals surface area contributed by atoms with E-state index in [0.717, 1.165) is 38.0 Å². The summed E-state index contributed by atoms with van der Waals surface area (Å²) in [6, 6.07) is 19.6.